The molecule has 2 rings (SSSR count). The molecule has 0 aliphatic carbocycles. The second kappa shape index (κ2) is 6.48. The maximum absolute atomic E-state index is 13.6. The van der Waals surface area contributed by atoms with Crippen LogP contribution in [0.2, 0.25) is 0 Å². The van der Waals surface area contributed by atoms with Gasteiger partial charge in [-0.2, -0.15) is 0 Å². The molecule has 1 amide bonds. The molecule has 0 saturated carbocycles. The third-order valence-corrected chi connectivity index (χ3v) is 3.37. The van der Waals surface area contributed by atoms with Gasteiger partial charge >= 0.3 is 0 Å². The highest BCUT2D eigenvalue weighted by Gasteiger charge is 2.17. The van der Waals surface area contributed by atoms with Crippen molar-refractivity contribution in [1.29, 1.82) is 0 Å². The van der Waals surface area contributed by atoms with Crippen LogP contribution in [0.5, 0.6) is 0 Å². The molecule has 0 heterocycles. The van der Waals surface area contributed by atoms with E-state index in [0.717, 1.165) is 29.3 Å². The average Bonchev–Trinajstić information content (AvgIpc) is 2.48. The summed E-state index contributed by atoms with van der Waals surface area (Å²) in [4.78, 5) is 12.1. The van der Waals surface area contributed by atoms with Crippen molar-refractivity contribution in [3.63, 3.8) is 0 Å². The fourth-order valence-electron chi connectivity index (χ4n) is 2.13. The third kappa shape index (κ3) is 3.66. The zero-order chi connectivity index (χ0) is 15.4. The smallest absolute Gasteiger partial charge is 0.254 e. The Bertz CT molecular complexity index is 638. The summed E-state index contributed by atoms with van der Waals surface area (Å²) >= 11 is 0. The van der Waals surface area contributed by atoms with Crippen molar-refractivity contribution in [2.45, 2.75) is 26.3 Å². The summed E-state index contributed by atoms with van der Waals surface area (Å²) in [5.41, 5.74) is 1.78. The zero-order valence-corrected chi connectivity index (χ0v) is 12.0. The summed E-state index contributed by atoms with van der Waals surface area (Å²) in [7, 11) is 0. The largest absolute Gasteiger partial charge is 0.345 e. The van der Waals surface area contributed by atoms with Gasteiger partial charge < -0.3 is 5.32 Å². The molecule has 4 heteroatoms. The summed E-state index contributed by atoms with van der Waals surface area (Å²) < 4.78 is 26.7. The molecule has 0 bridgehead atoms. The molecule has 0 aliphatic rings. The van der Waals surface area contributed by atoms with Crippen molar-refractivity contribution in [2.75, 3.05) is 0 Å². The minimum absolute atomic E-state index is 0.235. The van der Waals surface area contributed by atoms with Crippen LogP contribution in [0, 0.1) is 18.6 Å². The zero-order valence-electron chi connectivity index (χ0n) is 12.0. The first kappa shape index (κ1) is 15.2. The number of carbonyl (C=O) groups excluding carboxylic acids is 1. The van der Waals surface area contributed by atoms with Crippen LogP contribution in [-0.2, 0) is 0 Å². The van der Waals surface area contributed by atoms with Gasteiger partial charge in [0.05, 0.1) is 11.6 Å². The van der Waals surface area contributed by atoms with Gasteiger partial charge in [-0.3, -0.25) is 4.79 Å². The first-order valence-electron chi connectivity index (χ1n) is 6.83. The Morgan fingerprint density at radius 1 is 1.14 bits per heavy atom. The molecule has 0 saturated heterocycles. The fourth-order valence-corrected chi connectivity index (χ4v) is 2.13. The second-order valence-electron chi connectivity index (χ2n) is 4.97. The summed E-state index contributed by atoms with van der Waals surface area (Å²) in [5.74, 6) is -1.97. The highest BCUT2D eigenvalue weighted by atomic mass is 19.1. The Labute approximate surface area is 122 Å². The standard InChI is InChI=1S/C17H17F2NO/c1-3-16(12-6-4-11(2)5-7-12)20-17(21)14-10-13(18)8-9-15(14)19/h4-10,16H,3H2,1-2H3,(H,20,21). The van der Waals surface area contributed by atoms with Gasteiger partial charge in [0.15, 0.2) is 0 Å². The van der Waals surface area contributed by atoms with E-state index in [-0.39, 0.29) is 11.6 Å². The molecular formula is C17H17F2NO. The van der Waals surface area contributed by atoms with Crippen molar-refractivity contribution in [3.8, 4) is 0 Å². The molecule has 0 aromatic heterocycles. The van der Waals surface area contributed by atoms with Crippen molar-refractivity contribution < 1.29 is 13.6 Å². The van der Waals surface area contributed by atoms with Gasteiger partial charge in [-0.15, -0.1) is 0 Å². The van der Waals surface area contributed by atoms with Crippen LogP contribution in [0.4, 0.5) is 8.78 Å². The number of aryl methyl sites for hydroxylation is 1. The molecule has 0 aliphatic heterocycles. The van der Waals surface area contributed by atoms with Crippen molar-refractivity contribution in [2.24, 2.45) is 0 Å². The van der Waals surface area contributed by atoms with Crippen LogP contribution in [0.1, 0.15) is 40.9 Å². The predicted octanol–water partition coefficient (Wildman–Crippen LogP) is 4.15. The number of hydrogen-bond donors (Lipinski definition) is 1. The Kier molecular flexibility index (Phi) is 4.68. The molecule has 0 radical (unpaired) electrons. The molecule has 21 heavy (non-hydrogen) atoms. The molecule has 1 unspecified atom stereocenters. The Morgan fingerprint density at radius 3 is 2.43 bits per heavy atom. The maximum Gasteiger partial charge on any atom is 0.254 e. The monoisotopic (exact) mass is 289 g/mol. The molecule has 0 spiro atoms. The van der Waals surface area contributed by atoms with E-state index in [1.165, 1.54) is 0 Å². The van der Waals surface area contributed by atoms with Gasteiger partial charge in [-0.05, 0) is 37.1 Å². The van der Waals surface area contributed by atoms with Gasteiger partial charge in [0.25, 0.3) is 5.91 Å². The summed E-state index contributed by atoms with van der Waals surface area (Å²) in [5, 5.41) is 2.74. The number of nitrogens with one attached hydrogen (secondary N) is 1. The van der Waals surface area contributed by atoms with Gasteiger partial charge in [-0.1, -0.05) is 36.8 Å². The fraction of sp³-hybridized carbons (Fsp3) is 0.235. The number of benzene rings is 2. The molecular weight excluding hydrogens is 272 g/mol. The Morgan fingerprint density at radius 2 is 1.81 bits per heavy atom. The normalized spacial score (nSPS) is 12.0. The molecule has 2 nitrogen and oxygen atoms in total. The summed E-state index contributed by atoms with van der Waals surface area (Å²) in [6, 6.07) is 10.4. The topological polar surface area (TPSA) is 29.1 Å². The van der Waals surface area contributed by atoms with Crippen LogP contribution in [-0.4, -0.2) is 5.91 Å². The highest BCUT2D eigenvalue weighted by molar-refractivity contribution is 5.94. The van der Waals surface area contributed by atoms with Crippen molar-refractivity contribution in [3.05, 3.63) is 70.8 Å². The SMILES string of the molecule is CCC(NC(=O)c1cc(F)ccc1F)c1ccc(C)cc1. The van der Waals surface area contributed by atoms with E-state index in [9.17, 15) is 13.6 Å². The Hall–Kier alpha value is -2.23. The summed E-state index contributed by atoms with van der Waals surface area (Å²) in [6.45, 7) is 3.90. The minimum Gasteiger partial charge on any atom is -0.345 e. The molecule has 0 fully saturated rings. The lowest BCUT2D eigenvalue weighted by Crippen LogP contribution is -2.29. The van der Waals surface area contributed by atoms with E-state index in [1.54, 1.807) is 0 Å². The van der Waals surface area contributed by atoms with E-state index in [1.807, 2.05) is 38.1 Å². The van der Waals surface area contributed by atoms with Crippen molar-refractivity contribution >= 4 is 5.91 Å². The molecule has 1 N–H and O–H groups in total. The lowest BCUT2D eigenvalue weighted by atomic mass is 10.0. The predicted molar refractivity (Wildman–Crippen MR) is 78.0 cm³/mol. The Balaban J connectivity index is 2.20. The number of rotatable bonds is 4. The number of amides is 1. The van der Waals surface area contributed by atoms with Crippen LogP contribution in [0.25, 0.3) is 0 Å². The van der Waals surface area contributed by atoms with Crippen LogP contribution >= 0.6 is 0 Å². The van der Waals surface area contributed by atoms with E-state index in [0.29, 0.717) is 6.42 Å². The number of hydrogen-bond acceptors (Lipinski definition) is 1. The summed E-state index contributed by atoms with van der Waals surface area (Å²) in [6.07, 6.45) is 0.658. The maximum atomic E-state index is 13.6. The average molecular weight is 289 g/mol. The molecule has 2 aromatic carbocycles. The van der Waals surface area contributed by atoms with E-state index in [2.05, 4.69) is 5.32 Å². The number of halogens is 2. The van der Waals surface area contributed by atoms with Gasteiger partial charge in [-0.25, -0.2) is 8.78 Å². The first-order valence-corrected chi connectivity index (χ1v) is 6.83. The van der Waals surface area contributed by atoms with Crippen LogP contribution in [0.15, 0.2) is 42.5 Å². The van der Waals surface area contributed by atoms with E-state index >= 15 is 0 Å². The lowest BCUT2D eigenvalue weighted by Gasteiger charge is -2.18. The molecule has 1 atom stereocenters. The van der Waals surface area contributed by atoms with Crippen LogP contribution < -0.4 is 5.32 Å². The lowest BCUT2D eigenvalue weighted by molar-refractivity contribution is 0.0931. The van der Waals surface area contributed by atoms with Gasteiger partial charge in [0, 0.05) is 0 Å². The molecule has 2 aromatic rings. The van der Waals surface area contributed by atoms with Gasteiger partial charge in [0.2, 0.25) is 0 Å². The number of carbonyl (C=O) groups is 1. The highest BCUT2D eigenvalue weighted by Crippen LogP contribution is 2.19. The van der Waals surface area contributed by atoms with E-state index in [4.69, 9.17) is 0 Å². The molecule has 110 valence electrons. The third-order valence-electron chi connectivity index (χ3n) is 3.37. The van der Waals surface area contributed by atoms with Gasteiger partial charge in [0.1, 0.15) is 11.6 Å². The minimum atomic E-state index is -0.729. The van der Waals surface area contributed by atoms with Crippen molar-refractivity contribution in [1.82, 2.24) is 5.32 Å². The van der Waals surface area contributed by atoms with E-state index < -0.39 is 17.5 Å². The second-order valence-corrected chi connectivity index (χ2v) is 4.97. The quantitative estimate of drug-likeness (QED) is 0.900. The van der Waals surface area contributed by atoms with Crippen LogP contribution in [0.3, 0.4) is 0 Å². The first-order chi connectivity index (χ1) is 10.0.